The lowest BCUT2D eigenvalue weighted by atomic mass is 10.3. The van der Waals surface area contributed by atoms with Crippen LogP contribution < -0.4 is 5.32 Å². The Morgan fingerprint density at radius 2 is 2.60 bits per heavy atom. The van der Waals surface area contributed by atoms with Gasteiger partial charge in [-0.05, 0) is 0 Å². The van der Waals surface area contributed by atoms with Gasteiger partial charge in [-0.3, -0.25) is 5.32 Å². The summed E-state index contributed by atoms with van der Waals surface area (Å²) in [5.41, 5.74) is 0. The Balaban J connectivity index is 1.91. The van der Waals surface area contributed by atoms with Gasteiger partial charge in [0, 0.05) is 6.54 Å². The number of hydrogen-bond donors (Lipinski definition) is 1. The molecule has 2 rings (SSSR count). The van der Waals surface area contributed by atoms with Crippen LogP contribution in [0, 0.1) is 0 Å². The maximum absolute atomic E-state index is 5.31. The summed E-state index contributed by atoms with van der Waals surface area (Å²) >= 11 is 0. The number of nitrogens with zero attached hydrogens (tertiary/aromatic N) is 1. The minimum atomic E-state index is 0.0509. The second kappa shape index (κ2) is 2.56. The molecule has 1 radical (unpaired) electrons. The largest absolute Gasteiger partial charge is 0.472 e. The van der Waals surface area contributed by atoms with Gasteiger partial charge < -0.3 is 9.47 Å². The van der Waals surface area contributed by atoms with Crippen molar-refractivity contribution in [3.63, 3.8) is 0 Å². The molecule has 4 nitrogen and oxygen atoms in total. The van der Waals surface area contributed by atoms with E-state index in [1.807, 2.05) is 0 Å². The molecule has 0 aliphatic carbocycles. The van der Waals surface area contributed by atoms with Gasteiger partial charge in [0.2, 0.25) is 0 Å². The van der Waals surface area contributed by atoms with E-state index in [2.05, 4.69) is 16.7 Å². The molecular weight excluding hydrogens is 132 g/mol. The third kappa shape index (κ3) is 0.998. The Morgan fingerprint density at radius 1 is 1.60 bits per heavy atom. The van der Waals surface area contributed by atoms with E-state index in [9.17, 15) is 0 Å². The molecule has 2 aliphatic rings. The van der Waals surface area contributed by atoms with Crippen molar-refractivity contribution < 1.29 is 9.47 Å². The van der Waals surface area contributed by atoms with Crippen LogP contribution in [0.25, 0.3) is 0 Å². The highest BCUT2D eigenvalue weighted by molar-refractivity contribution is 5.49. The fourth-order valence-corrected chi connectivity index (χ4v) is 1.11. The van der Waals surface area contributed by atoms with E-state index in [1.54, 1.807) is 0 Å². The molecule has 0 amide bonds. The minimum absolute atomic E-state index is 0.0509. The maximum Gasteiger partial charge on any atom is 0.273 e. The quantitative estimate of drug-likeness (QED) is 0.521. The van der Waals surface area contributed by atoms with E-state index < -0.39 is 0 Å². The Bertz CT molecular complexity index is 143. The first-order valence-corrected chi connectivity index (χ1v) is 3.38. The lowest BCUT2D eigenvalue weighted by molar-refractivity contribution is 0.0720. The minimum Gasteiger partial charge on any atom is -0.472 e. The van der Waals surface area contributed by atoms with Crippen molar-refractivity contribution in [2.45, 2.75) is 12.3 Å². The van der Waals surface area contributed by atoms with Gasteiger partial charge in [0.25, 0.3) is 6.40 Å². The van der Waals surface area contributed by atoms with E-state index in [0.717, 1.165) is 13.2 Å². The molecule has 55 valence electrons. The van der Waals surface area contributed by atoms with Gasteiger partial charge in [-0.25, -0.2) is 4.99 Å². The molecule has 1 fully saturated rings. The van der Waals surface area contributed by atoms with Crippen LogP contribution in [0.1, 0.15) is 0 Å². The molecule has 4 heteroatoms. The molecule has 2 unspecified atom stereocenters. The molecule has 0 spiro atoms. The third-order valence-corrected chi connectivity index (χ3v) is 1.63. The monoisotopic (exact) mass is 141 g/mol. The lowest BCUT2D eigenvalue weighted by Crippen LogP contribution is -2.35. The van der Waals surface area contributed by atoms with Crippen LogP contribution in [-0.2, 0) is 9.47 Å². The summed E-state index contributed by atoms with van der Waals surface area (Å²) in [4.78, 5) is 3.96. The summed E-state index contributed by atoms with van der Waals surface area (Å²) in [6.07, 6.45) is 2.51. The van der Waals surface area contributed by atoms with Crippen molar-refractivity contribution >= 4 is 6.40 Å². The topological polar surface area (TPSA) is 42.9 Å². The van der Waals surface area contributed by atoms with Gasteiger partial charge in [-0.2, -0.15) is 0 Å². The summed E-state index contributed by atoms with van der Waals surface area (Å²) in [5.74, 6) is 0. The molecule has 0 aromatic carbocycles. The lowest BCUT2D eigenvalue weighted by Gasteiger charge is -2.12. The maximum atomic E-state index is 5.31. The van der Waals surface area contributed by atoms with Crippen LogP contribution in [0.3, 0.4) is 0 Å². The smallest absolute Gasteiger partial charge is 0.273 e. The summed E-state index contributed by atoms with van der Waals surface area (Å²) in [6, 6.07) is 0.113. The van der Waals surface area contributed by atoms with Gasteiger partial charge in [-0.1, -0.05) is 0 Å². The zero-order chi connectivity index (χ0) is 6.81. The highest BCUT2D eigenvalue weighted by Crippen LogP contribution is 2.08. The Labute approximate surface area is 59.2 Å². The van der Waals surface area contributed by atoms with Crippen LogP contribution in [0.15, 0.2) is 4.99 Å². The standard InChI is InChI=1S/C6H9N2O2/c1-2-10-6(7-1)5-3-9-4-8-5/h5-7H,1-3H2. The molecule has 1 N–H and O–H groups in total. The fourth-order valence-electron chi connectivity index (χ4n) is 1.11. The highest BCUT2D eigenvalue weighted by atomic mass is 16.5. The average molecular weight is 141 g/mol. The first-order chi connectivity index (χ1) is 4.97. The molecule has 10 heavy (non-hydrogen) atoms. The molecule has 0 aromatic heterocycles. The second-order valence-electron chi connectivity index (χ2n) is 2.34. The van der Waals surface area contributed by atoms with Crippen molar-refractivity contribution in [2.75, 3.05) is 19.8 Å². The van der Waals surface area contributed by atoms with Crippen molar-refractivity contribution in [3.05, 3.63) is 0 Å². The van der Waals surface area contributed by atoms with E-state index in [4.69, 9.17) is 9.47 Å². The van der Waals surface area contributed by atoms with Gasteiger partial charge in [0.15, 0.2) is 0 Å². The molecule has 0 bridgehead atoms. The summed E-state index contributed by atoms with van der Waals surface area (Å²) in [6.45, 7) is 2.28. The van der Waals surface area contributed by atoms with E-state index >= 15 is 0 Å². The number of rotatable bonds is 1. The normalized spacial score (nSPS) is 38.4. The van der Waals surface area contributed by atoms with E-state index in [1.165, 1.54) is 0 Å². The number of ether oxygens (including phenoxy) is 2. The fraction of sp³-hybridized carbons (Fsp3) is 0.833. The molecule has 0 saturated carbocycles. The van der Waals surface area contributed by atoms with E-state index in [-0.39, 0.29) is 12.3 Å². The first kappa shape index (κ1) is 6.12. The summed E-state index contributed by atoms with van der Waals surface area (Å²) in [7, 11) is 0. The van der Waals surface area contributed by atoms with Crippen LogP contribution in [0.5, 0.6) is 0 Å². The zero-order valence-electron chi connectivity index (χ0n) is 5.54. The molecule has 2 aliphatic heterocycles. The van der Waals surface area contributed by atoms with Crippen molar-refractivity contribution in [1.29, 1.82) is 0 Å². The predicted molar refractivity (Wildman–Crippen MR) is 34.9 cm³/mol. The molecule has 2 heterocycles. The van der Waals surface area contributed by atoms with Gasteiger partial charge >= 0.3 is 0 Å². The van der Waals surface area contributed by atoms with Crippen LogP contribution in [-0.4, -0.2) is 38.4 Å². The zero-order valence-corrected chi connectivity index (χ0v) is 5.54. The highest BCUT2D eigenvalue weighted by Gasteiger charge is 2.27. The van der Waals surface area contributed by atoms with Gasteiger partial charge in [0.05, 0.1) is 6.61 Å². The average Bonchev–Trinajstić information content (AvgIpc) is 2.59. The molecule has 1 saturated heterocycles. The Morgan fingerprint density at radius 3 is 3.20 bits per heavy atom. The van der Waals surface area contributed by atoms with E-state index in [0.29, 0.717) is 6.61 Å². The molecule has 2 atom stereocenters. The SMILES string of the molecule is [C]1=NC(C2NCCO2)CO1. The van der Waals surface area contributed by atoms with Gasteiger partial charge in [0.1, 0.15) is 18.9 Å². The molecular formula is C6H9N2O2. The Kier molecular flexibility index (Phi) is 1.56. The summed E-state index contributed by atoms with van der Waals surface area (Å²) in [5, 5.41) is 3.16. The van der Waals surface area contributed by atoms with Crippen LogP contribution in [0.2, 0.25) is 0 Å². The van der Waals surface area contributed by atoms with Crippen molar-refractivity contribution in [2.24, 2.45) is 4.99 Å². The van der Waals surface area contributed by atoms with Gasteiger partial charge in [-0.15, -0.1) is 0 Å². The second-order valence-corrected chi connectivity index (χ2v) is 2.34. The number of nitrogens with one attached hydrogen (secondary N) is 1. The van der Waals surface area contributed by atoms with Crippen molar-refractivity contribution in [3.8, 4) is 0 Å². The predicted octanol–water partition coefficient (Wildman–Crippen LogP) is -0.764. The van der Waals surface area contributed by atoms with Crippen LogP contribution >= 0.6 is 0 Å². The van der Waals surface area contributed by atoms with Crippen molar-refractivity contribution in [1.82, 2.24) is 5.32 Å². The van der Waals surface area contributed by atoms with Crippen LogP contribution in [0.4, 0.5) is 0 Å². The molecule has 0 aromatic rings. The number of hydrogen-bond acceptors (Lipinski definition) is 4. The Hall–Kier alpha value is -0.610. The first-order valence-electron chi connectivity index (χ1n) is 3.38. The summed E-state index contributed by atoms with van der Waals surface area (Å²) < 4.78 is 10.1. The third-order valence-electron chi connectivity index (χ3n) is 1.63. The number of aliphatic imine (C=N–C) groups is 1.